The van der Waals surface area contributed by atoms with Gasteiger partial charge in [0.15, 0.2) is 11.3 Å². The van der Waals surface area contributed by atoms with Crippen LogP contribution in [0.2, 0.25) is 0 Å². The summed E-state index contributed by atoms with van der Waals surface area (Å²) in [6.45, 7) is 2.24. The second kappa shape index (κ2) is 4.90. The summed E-state index contributed by atoms with van der Waals surface area (Å²) in [5.41, 5.74) is 2.18. The smallest absolute Gasteiger partial charge is 0.289 e. The minimum Gasteiger partial charge on any atom is -0.449 e. The Labute approximate surface area is 117 Å². The summed E-state index contributed by atoms with van der Waals surface area (Å²) in [5, 5.41) is 9.89. The van der Waals surface area contributed by atoms with E-state index in [9.17, 15) is 9.90 Å². The second-order valence-corrected chi connectivity index (χ2v) is 5.54. The fraction of sp³-hybridized carbons (Fsp3) is 0.467. The first-order valence-corrected chi connectivity index (χ1v) is 6.85. The molecule has 0 aromatic carbocycles. The number of aryl methyl sites for hydroxylation is 1. The predicted octanol–water partition coefficient (Wildman–Crippen LogP) is 1.98. The molecule has 1 unspecified atom stereocenters. The fourth-order valence-electron chi connectivity index (χ4n) is 2.31. The predicted molar refractivity (Wildman–Crippen MR) is 74.4 cm³/mol. The van der Waals surface area contributed by atoms with Gasteiger partial charge in [0.1, 0.15) is 5.52 Å². The normalized spacial score (nSPS) is 16.4. The molecule has 0 radical (unpaired) electrons. The standard InChI is InChI=1S/C15H18N2O3/c1-9-3-6-13-11(16-9)7-14(20-13)15(19)17(2)8-12(18)10-4-5-10/h3,6-7,10,12,18H,4-5,8H2,1-2H3. The minimum absolute atomic E-state index is 0.222. The van der Waals surface area contributed by atoms with Crippen LogP contribution in [-0.2, 0) is 0 Å². The molecule has 1 fully saturated rings. The van der Waals surface area contributed by atoms with Gasteiger partial charge in [0.2, 0.25) is 0 Å². The number of aliphatic hydroxyl groups is 1. The highest BCUT2D eigenvalue weighted by atomic mass is 16.3. The Morgan fingerprint density at radius 1 is 1.55 bits per heavy atom. The first kappa shape index (κ1) is 13.1. The Kier molecular flexibility index (Phi) is 3.22. The molecule has 0 aliphatic heterocycles. The maximum absolute atomic E-state index is 12.3. The number of aromatic nitrogens is 1. The van der Waals surface area contributed by atoms with Gasteiger partial charge >= 0.3 is 0 Å². The molecule has 5 heteroatoms. The van der Waals surface area contributed by atoms with Gasteiger partial charge in [-0.2, -0.15) is 0 Å². The van der Waals surface area contributed by atoms with E-state index in [0.717, 1.165) is 18.5 Å². The SMILES string of the molecule is Cc1ccc2oc(C(=O)N(C)CC(O)C3CC3)cc2n1. The third kappa shape index (κ3) is 2.54. The van der Waals surface area contributed by atoms with Crippen molar-refractivity contribution in [3.63, 3.8) is 0 Å². The lowest BCUT2D eigenvalue weighted by Crippen LogP contribution is -2.35. The van der Waals surface area contributed by atoms with Crippen LogP contribution >= 0.6 is 0 Å². The zero-order valence-electron chi connectivity index (χ0n) is 11.7. The molecule has 3 rings (SSSR count). The van der Waals surface area contributed by atoms with Gasteiger partial charge < -0.3 is 14.4 Å². The third-order valence-electron chi connectivity index (χ3n) is 3.70. The number of aliphatic hydroxyl groups excluding tert-OH is 1. The van der Waals surface area contributed by atoms with E-state index in [0.29, 0.717) is 23.6 Å². The first-order chi connectivity index (χ1) is 9.54. The molecule has 1 aliphatic rings. The number of amides is 1. The summed E-state index contributed by atoms with van der Waals surface area (Å²) in [5.74, 6) is 0.397. The lowest BCUT2D eigenvalue weighted by molar-refractivity contribution is 0.0620. The summed E-state index contributed by atoms with van der Waals surface area (Å²) < 4.78 is 5.53. The van der Waals surface area contributed by atoms with Crippen LogP contribution in [0.4, 0.5) is 0 Å². The summed E-state index contributed by atoms with van der Waals surface area (Å²) in [7, 11) is 1.68. The van der Waals surface area contributed by atoms with Gasteiger partial charge in [-0.25, -0.2) is 4.98 Å². The number of fused-ring (bicyclic) bond motifs is 1. The zero-order chi connectivity index (χ0) is 14.3. The van der Waals surface area contributed by atoms with Crippen LogP contribution in [0, 0.1) is 12.8 Å². The van der Waals surface area contributed by atoms with E-state index in [1.807, 2.05) is 19.1 Å². The summed E-state index contributed by atoms with van der Waals surface area (Å²) >= 11 is 0. The average molecular weight is 274 g/mol. The number of nitrogens with zero attached hydrogens (tertiary/aromatic N) is 2. The molecule has 0 saturated heterocycles. The van der Waals surface area contributed by atoms with E-state index < -0.39 is 6.10 Å². The Morgan fingerprint density at radius 2 is 2.30 bits per heavy atom. The maximum Gasteiger partial charge on any atom is 0.289 e. The Hall–Kier alpha value is -1.88. The monoisotopic (exact) mass is 274 g/mol. The van der Waals surface area contributed by atoms with Crippen LogP contribution in [0.1, 0.15) is 29.1 Å². The molecule has 20 heavy (non-hydrogen) atoms. The molecule has 1 N–H and O–H groups in total. The lowest BCUT2D eigenvalue weighted by Gasteiger charge is -2.19. The molecule has 1 saturated carbocycles. The molecule has 1 aliphatic carbocycles. The lowest BCUT2D eigenvalue weighted by atomic mass is 10.2. The minimum atomic E-state index is -0.436. The van der Waals surface area contributed by atoms with Crippen molar-refractivity contribution in [3.8, 4) is 0 Å². The number of rotatable bonds is 4. The Bertz CT molecular complexity index is 646. The Balaban J connectivity index is 1.76. The molecule has 2 aromatic heterocycles. The van der Waals surface area contributed by atoms with Crippen molar-refractivity contribution in [2.24, 2.45) is 5.92 Å². The fourth-order valence-corrected chi connectivity index (χ4v) is 2.31. The van der Waals surface area contributed by atoms with Crippen molar-refractivity contribution in [2.45, 2.75) is 25.9 Å². The van der Waals surface area contributed by atoms with Crippen molar-refractivity contribution in [1.29, 1.82) is 0 Å². The van der Waals surface area contributed by atoms with Crippen molar-refractivity contribution in [1.82, 2.24) is 9.88 Å². The van der Waals surface area contributed by atoms with E-state index in [1.54, 1.807) is 13.1 Å². The third-order valence-corrected chi connectivity index (χ3v) is 3.70. The van der Waals surface area contributed by atoms with Gasteiger partial charge in [-0.05, 0) is 37.8 Å². The number of hydrogen-bond acceptors (Lipinski definition) is 4. The van der Waals surface area contributed by atoms with Gasteiger partial charge in [-0.1, -0.05) is 0 Å². The molecule has 1 atom stereocenters. The zero-order valence-corrected chi connectivity index (χ0v) is 11.7. The van der Waals surface area contributed by atoms with E-state index in [2.05, 4.69) is 4.98 Å². The maximum atomic E-state index is 12.3. The average Bonchev–Trinajstić information content (AvgIpc) is 3.18. The van der Waals surface area contributed by atoms with Crippen LogP contribution in [-0.4, -0.2) is 40.6 Å². The van der Waals surface area contributed by atoms with Gasteiger partial charge in [-0.15, -0.1) is 0 Å². The van der Waals surface area contributed by atoms with Gasteiger partial charge in [0.25, 0.3) is 5.91 Å². The number of pyridine rings is 1. The quantitative estimate of drug-likeness (QED) is 0.925. The number of likely N-dealkylation sites (N-methyl/N-ethyl adjacent to an activating group) is 1. The van der Waals surface area contributed by atoms with E-state index in [4.69, 9.17) is 4.42 Å². The molecular weight excluding hydrogens is 256 g/mol. The molecule has 106 valence electrons. The molecule has 2 aromatic rings. The van der Waals surface area contributed by atoms with Gasteiger partial charge in [0, 0.05) is 25.4 Å². The Morgan fingerprint density at radius 3 is 3.00 bits per heavy atom. The van der Waals surface area contributed by atoms with Crippen molar-refractivity contribution >= 4 is 17.0 Å². The van der Waals surface area contributed by atoms with Crippen LogP contribution < -0.4 is 0 Å². The second-order valence-electron chi connectivity index (χ2n) is 5.54. The largest absolute Gasteiger partial charge is 0.449 e. The molecule has 2 heterocycles. The van der Waals surface area contributed by atoms with Crippen molar-refractivity contribution in [3.05, 3.63) is 29.7 Å². The van der Waals surface area contributed by atoms with E-state index in [1.165, 1.54) is 4.90 Å². The van der Waals surface area contributed by atoms with Crippen molar-refractivity contribution in [2.75, 3.05) is 13.6 Å². The molecule has 5 nitrogen and oxygen atoms in total. The van der Waals surface area contributed by atoms with Crippen LogP contribution in [0.15, 0.2) is 22.6 Å². The molecular formula is C15H18N2O3. The topological polar surface area (TPSA) is 66.6 Å². The molecule has 0 spiro atoms. The summed E-state index contributed by atoms with van der Waals surface area (Å²) in [6, 6.07) is 5.32. The number of hydrogen-bond donors (Lipinski definition) is 1. The number of carbonyl (C=O) groups excluding carboxylic acids is 1. The van der Waals surface area contributed by atoms with Gasteiger partial charge in [0.05, 0.1) is 6.10 Å². The van der Waals surface area contributed by atoms with E-state index >= 15 is 0 Å². The molecule has 1 amide bonds. The number of furan rings is 1. The van der Waals surface area contributed by atoms with Crippen LogP contribution in [0.25, 0.3) is 11.1 Å². The van der Waals surface area contributed by atoms with Crippen LogP contribution in [0.5, 0.6) is 0 Å². The summed E-state index contributed by atoms with van der Waals surface area (Å²) in [4.78, 5) is 18.1. The van der Waals surface area contributed by atoms with Gasteiger partial charge in [-0.3, -0.25) is 4.79 Å². The van der Waals surface area contributed by atoms with Crippen LogP contribution in [0.3, 0.4) is 0 Å². The highest BCUT2D eigenvalue weighted by Gasteiger charge is 2.31. The summed E-state index contributed by atoms with van der Waals surface area (Å²) in [6.07, 6.45) is 1.67. The van der Waals surface area contributed by atoms with Crippen molar-refractivity contribution < 1.29 is 14.3 Å². The highest BCUT2D eigenvalue weighted by molar-refractivity contribution is 5.95. The van der Waals surface area contributed by atoms with E-state index in [-0.39, 0.29) is 11.7 Å². The molecule has 0 bridgehead atoms. The highest BCUT2D eigenvalue weighted by Crippen LogP contribution is 2.32. The first-order valence-electron chi connectivity index (χ1n) is 6.85. The number of carbonyl (C=O) groups is 1.